The van der Waals surface area contributed by atoms with Gasteiger partial charge in [0, 0.05) is 37.3 Å². The molecule has 2 amide bonds. The molecule has 0 spiro atoms. The van der Waals surface area contributed by atoms with E-state index in [0.29, 0.717) is 35.5 Å². The highest BCUT2D eigenvalue weighted by molar-refractivity contribution is 5.95. The Kier molecular flexibility index (Phi) is 6.26. The number of benzene rings is 2. The van der Waals surface area contributed by atoms with Gasteiger partial charge in [-0.1, -0.05) is 42.5 Å². The summed E-state index contributed by atoms with van der Waals surface area (Å²) in [6, 6.07) is 20.7. The fourth-order valence-electron chi connectivity index (χ4n) is 3.94. The van der Waals surface area contributed by atoms with Crippen molar-refractivity contribution in [3.05, 3.63) is 95.5 Å². The van der Waals surface area contributed by atoms with Crippen LogP contribution in [0.2, 0.25) is 0 Å². The first-order valence-corrected chi connectivity index (χ1v) is 10.5. The summed E-state index contributed by atoms with van der Waals surface area (Å²) in [7, 11) is 0. The second-order valence-corrected chi connectivity index (χ2v) is 7.86. The van der Waals surface area contributed by atoms with Gasteiger partial charge >= 0.3 is 0 Å². The molecule has 1 aliphatic heterocycles. The Balaban J connectivity index is 1.31. The number of hydrogen-bond acceptors (Lipinski definition) is 3. The van der Waals surface area contributed by atoms with Crippen LogP contribution < -0.4 is 10.0 Å². The zero-order valence-electron chi connectivity index (χ0n) is 17.2. The van der Waals surface area contributed by atoms with Gasteiger partial charge in [0.1, 0.15) is 0 Å². The molecule has 3 aromatic rings. The third kappa shape index (κ3) is 5.09. The van der Waals surface area contributed by atoms with Crippen LogP contribution in [0.1, 0.15) is 33.6 Å². The topological polar surface area (TPSA) is 76.4 Å². The maximum atomic E-state index is 12.7. The minimum Gasteiger partial charge on any atom is -0.619 e. The van der Waals surface area contributed by atoms with Crippen LogP contribution in [-0.4, -0.2) is 36.3 Å². The van der Waals surface area contributed by atoms with Gasteiger partial charge in [0.05, 0.1) is 5.56 Å². The van der Waals surface area contributed by atoms with Crippen LogP contribution in [0, 0.1) is 11.1 Å². The van der Waals surface area contributed by atoms with Crippen LogP contribution in [0.3, 0.4) is 0 Å². The number of likely N-dealkylation sites (tertiary alicyclic amines) is 1. The summed E-state index contributed by atoms with van der Waals surface area (Å²) in [4.78, 5) is 27.1. The molecule has 0 saturated carbocycles. The molecule has 0 radical (unpaired) electrons. The van der Waals surface area contributed by atoms with Gasteiger partial charge in [-0.15, -0.1) is 0 Å². The summed E-state index contributed by atoms with van der Waals surface area (Å²) in [5.74, 6) is 0.0256. The highest BCUT2D eigenvalue weighted by atomic mass is 16.5. The van der Waals surface area contributed by atoms with E-state index in [9.17, 15) is 14.8 Å². The number of nitrogens with zero attached hydrogens (tertiary/aromatic N) is 2. The van der Waals surface area contributed by atoms with Gasteiger partial charge in [0.15, 0.2) is 12.4 Å². The van der Waals surface area contributed by atoms with Gasteiger partial charge in [-0.05, 0) is 42.0 Å². The number of piperidine rings is 1. The number of amides is 2. The van der Waals surface area contributed by atoms with Crippen LogP contribution >= 0.6 is 0 Å². The number of pyridine rings is 1. The molecule has 1 saturated heterocycles. The van der Waals surface area contributed by atoms with E-state index < -0.39 is 0 Å². The van der Waals surface area contributed by atoms with Gasteiger partial charge < -0.3 is 15.4 Å². The Morgan fingerprint density at radius 2 is 1.61 bits per heavy atom. The number of aromatic nitrogens is 1. The van der Waals surface area contributed by atoms with Crippen molar-refractivity contribution in [2.45, 2.75) is 12.8 Å². The van der Waals surface area contributed by atoms with E-state index >= 15 is 0 Å². The summed E-state index contributed by atoms with van der Waals surface area (Å²) >= 11 is 0. The fourth-order valence-corrected chi connectivity index (χ4v) is 3.94. The number of carbonyl (C=O) groups excluding carboxylic acids is 2. The summed E-state index contributed by atoms with van der Waals surface area (Å²) in [5.41, 5.74) is 3.32. The molecule has 1 N–H and O–H groups in total. The minimum absolute atomic E-state index is 0.0758. The molecule has 1 aromatic heterocycles. The van der Waals surface area contributed by atoms with Crippen LogP contribution in [0.5, 0.6) is 0 Å². The van der Waals surface area contributed by atoms with E-state index in [1.54, 1.807) is 17.0 Å². The second kappa shape index (κ2) is 9.43. The molecule has 158 valence electrons. The summed E-state index contributed by atoms with van der Waals surface area (Å²) in [6.45, 7) is 1.81. The van der Waals surface area contributed by atoms with Gasteiger partial charge in [-0.2, -0.15) is 4.73 Å². The number of carbonyl (C=O) groups is 2. The first kappa shape index (κ1) is 20.6. The van der Waals surface area contributed by atoms with Gasteiger partial charge in [-0.3, -0.25) is 9.59 Å². The maximum Gasteiger partial charge on any atom is 0.254 e. The Morgan fingerprint density at radius 3 is 2.32 bits per heavy atom. The standard InChI is InChI=1S/C25H25N3O3/c29-24(22-10-8-21(9-11-22)20-6-2-1-3-7-20)26-17-19-5-4-14-27(18-19)25(30)23-12-15-28(31)16-13-23/h1-3,6-13,15-16,19H,4-5,14,17-18H2,(H,26,29)/t19-/m1/s1. The first-order chi connectivity index (χ1) is 15.1. The minimum atomic E-state index is -0.105. The van der Waals surface area contributed by atoms with Crippen molar-refractivity contribution in [3.63, 3.8) is 0 Å². The molecular weight excluding hydrogens is 390 g/mol. The Bertz CT molecular complexity index is 1030. The normalized spacial score (nSPS) is 16.0. The lowest BCUT2D eigenvalue weighted by molar-refractivity contribution is -0.605. The highest BCUT2D eigenvalue weighted by Gasteiger charge is 2.25. The molecule has 6 nitrogen and oxygen atoms in total. The molecule has 1 atom stereocenters. The lowest BCUT2D eigenvalue weighted by Gasteiger charge is -2.32. The van der Waals surface area contributed by atoms with E-state index in [4.69, 9.17) is 0 Å². The summed E-state index contributed by atoms with van der Waals surface area (Å²) < 4.78 is 0.664. The smallest absolute Gasteiger partial charge is 0.254 e. The molecule has 0 aliphatic carbocycles. The van der Waals surface area contributed by atoms with Gasteiger partial charge in [0.2, 0.25) is 0 Å². The monoisotopic (exact) mass is 415 g/mol. The average molecular weight is 415 g/mol. The predicted molar refractivity (Wildman–Crippen MR) is 118 cm³/mol. The van der Waals surface area contributed by atoms with E-state index in [1.165, 1.54) is 12.4 Å². The molecule has 2 aromatic carbocycles. The zero-order chi connectivity index (χ0) is 21.6. The number of rotatable bonds is 5. The molecule has 1 aliphatic rings. The molecule has 2 heterocycles. The largest absolute Gasteiger partial charge is 0.619 e. The lowest BCUT2D eigenvalue weighted by atomic mass is 9.97. The molecule has 0 unspecified atom stereocenters. The quantitative estimate of drug-likeness (QED) is 0.513. The van der Waals surface area contributed by atoms with Crippen molar-refractivity contribution in [1.29, 1.82) is 0 Å². The summed E-state index contributed by atoms with van der Waals surface area (Å²) in [5, 5.41) is 14.2. The van der Waals surface area contributed by atoms with Crippen LogP contribution in [-0.2, 0) is 0 Å². The van der Waals surface area contributed by atoms with Crippen molar-refractivity contribution in [3.8, 4) is 11.1 Å². The fraction of sp³-hybridized carbons (Fsp3) is 0.240. The SMILES string of the molecule is O=C(NC[C@H]1CCCN(C(=O)c2cc[n+]([O-])cc2)C1)c1ccc(-c2ccccc2)cc1. The molecule has 31 heavy (non-hydrogen) atoms. The Morgan fingerprint density at radius 1 is 0.935 bits per heavy atom. The van der Waals surface area contributed by atoms with Gasteiger partial charge in [-0.25, -0.2) is 0 Å². The van der Waals surface area contributed by atoms with E-state index in [2.05, 4.69) is 5.32 Å². The van der Waals surface area contributed by atoms with Crippen molar-refractivity contribution in [2.75, 3.05) is 19.6 Å². The van der Waals surface area contributed by atoms with Gasteiger partial charge in [0.25, 0.3) is 11.8 Å². The summed E-state index contributed by atoms with van der Waals surface area (Å²) in [6.07, 6.45) is 4.52. The predicted octanol–water partition coefficient (Wildman–Crippen LogP) is 3.27. The molecule has 4 rings (SSSR count). The van der Waals surface area contributed by atoms with Crippen molar-refractivity contribution in [1.82, 2.24) is 10.2 Å². The van der Waals surface area contributed by atoms with Crippen molar-refractivity contribution >= 4 is 11.8 Å². The molecule has 6 heteroatoms. The van der Waals surface area contributed by atoms with E-state index in [-0.39, 0.29) is 17.7 Å². The van der Waals surface area contributed by atoms with Crippen LogP contribution in [0.4, 0.5) is 0 Å². The van der Waals surface area contributed by atoms with Crippen LogP contribution in [0.25, 0.3) is 11.1 Å². The molecule has 1 fully saturated rings. The average Bonchev–Trinajstić information content (AvgIpc) is 2.83. The van der Waals surface area contributed by atoms with Crippen LogP contribution in [0.15, 0.2) is 79.1 Å². The van der Waals surface area contributed by atoms with E-state index in [1.807, 2.05) is 54.6 Å². The third-order valence-electron chi connectivity index (χ3n) is 5.66. The van der Waals surface area contributed by atoms with Crippen molar-refractivity contribution in [2.24, 2.45) is 5.92 Å². The highest BCUT2D eigenvalue weighted by Crippen LogP contribution is 2.20. The molecular formula is C25H25N3O3. The Hall–Kier alpha value is -3.67. The number of nitrogens with one attached hydrogen (secondary N) is 1. The molecule has 0 bridgehead atoms. The lowest BCUT2D eigenvalue weighted by Crippen LogP contribution is -2.43. The van der Waals surface area contributed by atoms with Crippen molar-refractivity contribution < 1.29 is 14.3 Å². The first-order valence-electron chi connectivity index (χ1n) is 10.5. The van der Waals surface area contributed by atoms with E-state index in [0.717, 1.165) is 24.0 Å². The maximum absolute atomic E-state index is 12.7. The second-order valence-electron chi connectivity index (χ2n) is 7.86. The Labute approximate surface area is 181 Å². The zero-order valence-corrected chi connectivity index (χ0v) is 17.2. The number of hydrogen-bond donors (Lipinski definition) is 1. The third-order valence-corrected chi connectivity index (χ3v) is 5.66.